The van der Waals surface area contributed by atoms with Crippen LogP contribution in [-0.2, 0) is 10.2 Å². The Morgan fingerprint density at radius 3 is 2.50 bits per heavy atom. The molecule has 2 nitrogen and oxygen atoms in total. The maximum Gasteiger partial charge on any atom is 0.274 e. The van der Waals surface area contributed by atoms with Crippen LogP contribution in [-0.4, -0.2) is 14.8 Å². The molecule has 0 saturated heterocycles. The Balaban J connectivity index is 2.34. The number of hydrogen-bond acceptors (Lipinski definition) is 2. The van der Waals surface area contributed by atoms with Crippen molar-refractivity contribution in [2.24, 2.45) is 0 Å². The maximum absolute atomic E-state index is 11.7. The van der Waals surface area contributed by atoms with E-state index in [9.17, 15) is 4.79 Å². The van der Waals surface area contributed by atoms with Crippen LogP contribution in [0, 0.1) is 0 Å². The van der Waals surface area contributed by atoms with E-state index in [0.717, 1.165) is 37.9 Å². The van der Waals surface area contributed by atoms with Gasteiger partial charge in [0.2, 0.25) is 0 Å². The quantitative estimate of drug-likeness (QED) is 0.563. The Kier molecular flexibility index (Phi) is 5.49. The van der Waals surface area contributed by atoms with E-state index >= 15 is 0 Å². The molecule has 0 N–H and O–H groups in total. The van der Waals surface area contributed by atoms with E-state index in [2.05, 4.69) is 52.1 Å². The van der Waals surface area contributed by atoms with Gasteiger partial charge in [0, 0.05) is 12.8 Å². The summed E-state index contributed by atoms with van der Waals surface area (Å²) in [5, 5.41) is 0. The van der Waals surface area contributed by atoms with Gasteiger partial charge in [0.25, 0.3) is 9.04 Å². The maximum atomic E-state index is 11.7. The molecule has 0 bridgehead atoms. The van der Waals surface area contributed by atoms with E-state index in [1.807, 2.05) is 0 Å². The van der Waals surface area contributed by atoms with Crippen LogP contribution in [0.4, 0.5) is 0 Å². The Bertz CT molecular complexity index is 529. The third-order valence-electron chi connectivity index (χ3n) is 4.41. The van der Waals surface area contributed by atoms with Gasteiger partial charge in [-0.2, -0.15) is 0 Å². The summed E-state index contributed by atoms with van der Waals surface area (Å²) in [5.74, 6) is 1.95. The Hall–Kier alpha value is -1.09. The highest BCUT2D eigenvalue weighted by Gasteiger charge is 2.23. The molecule has 0 aromatic heterocycles. The number of ketones is 1. The van der Waals surface area contributed by atoms with Gasteiger partial charge in [-0.05, 0) is 60.9 Å². The van der Waals surface area contributed by atoms with Crippen LogP contribution in [0.25, 0.3) is 0 Å². The van der Waals surface area contributed by atoms with Gasteiger partial charge in [-0.3, -0.25) is 4.79 Å². The smallest absolute Gasteiger partial charge is 0.274 e. The van der Waals surface area contributed by atoms with E-state index in [4.69, 9.17) is 4.43 Å². The Morgan fingerprint density at radius 1 is 1.14 bits per heavy atom. The predicted octanol–water partition coefficient (Wildman–Crippen LogP) is 5.23. The minimum atomic E-state index is -0.795. The van der Waals surface area contributed by atoms with Crippen LogP contribution in [0.1, 0.15) is 69.9 Å². The molecule has 1 aromatic carbocycles. The zero-order valence-electron chi connectivity index (χ0n) is 14.7. The Morgan fingerprint density at radius 2 is 1.86 bits per heavy atom. The first kappa shape index (κ1) is 17.3. The molecule has 1 aromatic rings. The molecule has 1 atom stereocenters. The summed E-state index contributed by atoms with van der Waals surface area (Å²) in [7, 11) is -0.795. The van der Waals surface area contributed by atoms with E-state index < -0.39 is 9.04 Å². The molecular formula is C19H29O2Si. The lowest BCUT2D eigenvalue weighted by molar-refractivity contribution is -0.118. The number of benzene rings is 1. The van der Waals surface area contributed by atoms with E-state index in [1.54, 1.807) is 0 Å². The highest BCUT2D eigenvalue weighted by atomic mass is 28.3. The van der Waals surface area contributed by atoms with Crippen LogP contribution in [0.5, 0.6) is 5.75 Å². The number of carbonyl (C=O) groups is 1. The number of rotatable bonds is 3. The molecule has 3 heteroatoms. The fraction of sp³-hybridized carbons (Fsp3) is 0.632. The minimum absolute atomic E-state index is 0.129. The van der Waals surface area contributed by atoms with E-state index in [1.165, 1.54) is 11.1 Å². The summed E-state index contributed by atoms with van der Waals surface area (Å²) in [6.45, 7) is 11.1. The van der Waals surface area contributed by atoms with Crippen molar-refractivity contribution in [2.75, 3.05) is 0 Å². The van der Waals surface area contributed by atoms with Crippen molar-refractivity contribution in [3.05, 3.63) is 29.3 Å². The van der Waals surface area contributed by atoms with Crippen LogP contribution < -0.4 is 4.43 Å². The highest BCUT2D eigenvalue weighted by Crippen LogP contribution is 2.38. The predicted molar refractivity (Wildman–Crippen MR) is 94.1 cm³/mol. The summed E-state index contributed by atoms with van der Waals surface area (Å²) in [6.07, 6.45) is 4.57. The second-order valence-corrected chi connectivity index (χ2v) is 9.70. The van der Waals surface area contributed by atoms with Gasteiger partial charge in [-0.25, -0.2) is 0 Å². The van der Waals surface area contributed by atoms with Crippen LogP contribution in [0.2, 0.25) is 13.1 Å². The van der Waals surface area contributed by atoms with Gasteiger partial charge in [0.15, 0.2) is 0 Å². The molecule has 1 saturated carbocycles. The summed E-state index contributed by atoms with van der Waals surface area (Å²) in [6, 6.07) is 6.73. The summed E-state index contributed by atoms with van der Waals surface area (Å²) in [5.41, 5.74) is 2.76. The molecule has 2 rings (SSSR count). The van der Waals surface area contributed by atoms with Gasteiger partial charge in [0.05, 0.1) is 0 Å². The van der Waals surface area contributed by atoms with Gasteiger partial charge >= 0.3 is 0 Å². The zero-order chi connectivity index (χ0) is 16.3. The van der Waals surface area contributed by atoms with Crippen molar-refractivity contribution in [1.29, 1.82) is 0 Å². The topological polar surface area (TPSA) is 26.3 Å². The number of carbonyl (C=O) groups excluding carboxylic acids is 1. The SMILES string of the molecule is C[Si](C)Oc1cc(C(C)(C)C)ccc1C1CCCC(=O)CC1. The van der Waals surface area contributed by atoms with Crippen molar-refractivity contribution < 1.29 is 9.22 Å². The molecule has 121 valence electrons. The van der Waals surface area contributed by atoms with Crippen molar-refractivity contribution in [3.8, 4) is 5.75 Å². The average Bonchev–Trinajstić information content (AvgIpc) is 2.62. The lowest BCUT2D eigenvalue weighted by atomic mass is 9.84. The first-order chi connectivity index (χ1) is 10.3. The second kappa shape index (κ2) is 6.99. The normalized spacial score (nSPS) is 20.1. The monoisotopic (exact) mass is 317 g/mol. The lowest BCUT2D eigenvalue weighted by Gasteiger charge is -2.25. The molecule has 0 amide bonds. The average molecular weight is 318 g/mol. The molecule has 0 spiro atoms. The van der Waals surface area contributed by atoms with Gasteiger partial charge in [0.1, 0.15) is 11.5 Å². The zero-order valence-corrected chi connectivity index (χ0v) is 15.7. The van der Waals surface area contributed by atoms with E-state index in [0.29, 0.717) is 11.7 Å². The standard InChI is InChI=1S/C19H29O2Si/c1-19(2,3)15-10-12-17(18(13-15)21-22(4)5)14-7-6-8-16(20)11-9-14/h10,12-14H,6-9,11H2,1-5H3. The first-order valence-electron chi connectivity index (χ1n) is 8.41. The van der Waals surface area contributed by atoms with Gasteiger partial charge in [-0.1, -0.05) is 32.9 Å². The number of Topliss-reactive ketones (excluding diaryl/α,β-unsaturated/α-hetero) is 1. The molecular weight excluding hydrogens is 288 g/mol. The van der Waals surface area contributed by atoms with Crippen LogP contribution in [0.3, 0.4) is 0 Å². The van der Waals surface area contributed by atoms with Crippen LogP contribution in [0.15, 0.2) is 18.2 Å². The Labute approximate surface area is 137 Å². The molecule has 1 aliphatic rings. The molecule has 0 aliphatic heterocycles. The van der Waals surface area contributed by atoms with Crippen LogP contribution >= 0.6 is 0 Å². The summed E-state index contributed by atoms with van der Waals surface area (Å²) in [4.78, 5) is 11.7. The lowest BCUT2D eigenvalue weighted by Crippen LogP contribution is -2.16. The highest BCUT2D eigenvalue weighted by molar-refractivity contribution is 6.49. The van der Waals surface area contributed by atoms with Crippen molar-refractivity contribution in [1.82, 2.24) is 0 Å². The fourth-order valence-corrected chi connectivity index (χ4v) is 3.72. The largest absolute Gasteiger partial charge is 0.542 e. The summed E-state index contributed by atoms with van der Waals surface area (Å²) < 4.78 is 6.22. The number of hydrogen-bond donors (Lipinski definition) is 0. The molecule has 1 unspecified atom stereocenters. The first-order valence-corrected chi connectivity index (χ1v) is 10.8. The molecule has 22 heavy (non-hydrogen) atoms. The van der Waals surface area contributed by atoms with Crippen molar-refractivity contribution >= 4 is 14.8 Å². The molecule has 1 radical (unpaired) electrons. The fourth-order valence-electron chi connectivity index (χ4n) is 3.11. The third kappa shape index (κ3) is 4.45. The van der Waals surface area contributed by atoms with Crippen molar-refractivity contribution in [3.63, 3.8) is 0 Å². The third-order valence-corrected chi connectivity index (χ3v) is 5.04. The molecule has 1 aliphatic carbocycles. The van der Waals surface area contributed by atoms with E-state index in [-0.39, 0.29) is 5.41 Å². The van der Waals surface area contributed by atoms with Gasteiger partial charge < -0.3 is 4.43 Å². The van der Waals surface area contributed by atoms with Gasteiger partial charge in [-0.15, -0.1) is 0 Å². The molecule has 0 heterocycles. The molecule has 1 fully saturated rings. The summed E-state index contributed by atoms with van der Waals surface area (Å²) >= 11 is 0. The van der Waals surface area contributed by atoms with Crippen molar-refractivity contribution in [2.45, 2.75) is 77.3 Å². The minimum Gasteiger partial charge on any atom is -0.542 e. The second-order valence-electron chi connectivity index (χ2n) is 7.68.